The summed E-state index contributed by atoms with van der Waals surface area (Å²) in [6.07, 6.45) is 6.06. The molecule has 6 rings (SSSR count). The van der Waals surface area contributed by atoms with Crippen LogP contribution in [0.3, 0.4) is 0 Å². The number of anilines is 1. The van der Waals surface area contributed by atoms with Crippen LogP contribution in [0.25, 0.3) is 39.5 Å². The summed E-state index contributed by atoms with van der Waals surface area (Å²) in [5.74, 6) is 0.948. The minimum atomic E-state index is -0.320. The Morgan fingerprint density at radius 3 is 2.78 bits per heavy atom. The van der Waals surface area contributed by atoms with Crippen molar-refractivity contribution >= 4 is 16.8 Å². The van der Waals surface area contributed by atoms with E-state index in [4.69, 9.17) is 19.2 Å². The van der Waals surface area contributed by atoms with Crippen LogP contribution in [0.1, 0.15) is 6.42 Å². The van der Waals surface area contributed by atoms with Gasteiger partial charge in [-0.05, 0) is 24.6 Å². The van der Waals surface area contributed by atoms with E-state index in [-0.39, 0.29) is 12.4 Å². The number of fused-ring (bicyclic) bond motifs is 1. The number of aryl methyl sites for hydroxylation is 1. The molecular weight excluding hydrogens is 463 g/mol. The zero-order valence-electron chi connectivity index (χ0n) is 19.5. The number of pyridine rings is 1. The number of benzene rings is 1. The molecule has 0 atom stereocenters. The molecule has 1 fully saturated rings. The third-order valence-electron chi connectivity index (χ3n) is 6.23. The van der Waals surface area contributed by atoms with Crippen LogP contribution in [0.4, 0.5) is 10.1 Å². The van der Waals surface area contributed by atoms with Crippen LogP contribution < -0.4 is 4.90 Å². The molecule has 0 amide bonds. The standard InChI is InChI=1S/C26H25FN6O3/c27-20-5-2-1-4-19(20)21-6-8-33(30-21)25-15-23(31-9-12-35-13-10-31)26-22(29-25)14-24(36-26)18-16-28-32(17-18)7-3-11-34/h1-2,4-6,8,14-17,34H,3,7,9-13H2. The fourth-order valence-electron chi connectivity index (χ4n) is 4.40. The second-order valence-electron chi connectivity index (χ2n) is 8.62. The third-order valence-corrected chi connectivity index (χ3v) is 6.23. The lowest BCUT2D eigenvalue weighted by Gasteiger charge is -2.28. The van der Waals surface area contributed by atoms with Crippen LogP contribution in [0, 0.1) is 5.82 Å². The van der Waals surface area contributed by atoms with Gasteiger partial charge < -0.3 is 19.2 Å². The number of furan rings is 1. The molecule has 1 saturated heterocycles. The lowest BCUT2D eigenvalue weighted by molar-refractivity contribution is 0.122. The van der Waals surface area contributed by atoms with E-state index in [1.54, 1.807) is 46.0 Å². The molecule has 1 aliphatic rings. The second-order valence-corrected chi connectivity index (χ2v) is 8.62. The van der Waals surface area contributed by atoms with E-state index in [1.165, 1.54) is 6.07 Å². The van der Waals surface area contributed by atoms with Gasteiger partial charge in [0.2, 0.25) is 0 Å². The quantitative estimate of drug-likeness (QED) is 0.371. The predicted octanol–water partition coefficient (Wildman–Crippen LogP) is 3.90. The average molecular weight is 489 g/mol. The number of aromatic nitrogens is 5. The number of morpholine rings is 1. The SMILES string of the molecule is OCCCn1cc(-c2cc3nc(-n4ccc(-c5ccccc5F)n4)cc(N4CCOCC4)c3o2)cn1. The van der Waals surface area contributed by atoms with Crippen molar-refractivity contribution in [2.75, 3.05) is 37.8 Å². The van der Waals surface area contributed by atoms with Crippen LogP contribution >= 0.6 is 0 Å². The zero-order chi connectivity index (χ0) is 24.5. The summed E-state index contributed by atoms with van der Waals surface area (Å²) in [6.45, 7) is 3.46. The Hall–Kier alpha value is -4.02. The number of ether oxygens (including phenoxy) is 1. The summed E-state index contributed by atoms with van der Waals surface area (Å²) in [5.41, 5.74) is 4.08. The molecule has 0 unspecified atom stereocenters. The molecule has 36 heavy (non-hydrogen) atoms. The normalized spacial score (nSPS) is 14.1. The summed E-state index contributed by atoms with van der Waals surface area (Å²) in [6, 6.07) is 12.2. The Morgan fingerprint density at radius 1 is 1.08 bits per heavy atom. The molecule has 1 aliphatic heterocycles. The molecule has 9 nitrogen and oxygen atoms in total. The summed E-state index contributed by atoms with van der Waals surface area (Å²) in [4.78, 5) is 7.05. The van der Waals surface area contributed by atoms with Gasteiger partial charge in [-0.15, -0.1) is 0 Å². The van der Waals surface area contributed by atoms with E-state index in [0.29, 0.717) is 60.1 Å². The Labute approximate surface area is 206 Å². The molecule has 5 heterocycles. The van der Waals surface area contributed by atoms with Crippen LogP contribution in [0.2, 0.25) is 0 Å². The Balaban J connectivity index is 1.42. The van der Waals surface area contributed by atoms with Gasteiger partial charge in [0, 0.05) is 56.3 Å². The number of rotatable bonds is 7. The van der Waals surface area contributed by atoms with Gasteiger partial charge in [0.25, 0.3) is 0 Å². The number of halogens is 1. The Kier molecular flexibility index (Phi) is 5.96. The number of aliphatic hydroxyl groups is 1. The molecule has 1 aromatic carbocycles. The fraction of sp³-hybridized carbons (Fsp3) is 0.269. The van der Waals surface area contributed by atoms with E-state index in [9.17, 15) is 4.39 Å². The summed E-state index contributed by atoms with van der Waals surface area (Å²) < 4.78 is 29.6. The molecule has 0 spiro atoms. The lowest BCUT2D eigenvalue weighted by Crippen LogP contribution is -2.36. The molecule has 0 bridgehead atoms. The Morgan fingerprint density at radius 2 is 1.94 bits per heavy atom. The molecule has 5 aromatic rings. The minimum absolute atomic E-state index is 0.113. The monoisotopic (exact) mass is 488 g/mol. The Bertz CT molecular complexity index is 1500. The largest absolute Gasteiger partial charge is 0.452 e. The summed E-state index contributed by atoms with van der Waals surface area (Å²) >= 11 is 0. The van der Waals surface area contributed by atoms with Gasteiger partial charge in [-0.25, -0.2) is 14.1 Å². The van der Waals surface area contributed by atoms with Gasteiger partial charge in [0.1, 0.15) is 17.1 Å². The van der Waals surface area contributed by atoms with Gasteiger partial charge in [-0.3, -0.25) is 4.68 Å². The van der Waals surface area contributed by atoms with Crippen LogP contribution in [0.15, 0.2) is 65.5 Å². The van der Waals surface area contributed by atoms with Crippen molar-refractivity contribution < 1.29 is 18.7 Å². The fourth-order valence-corrected chi connectivity index (χ4v) is 4.40. The lowest BCUT2D eigenvalue weighted by atomic mass is 10.1. The van der Waals surface area contributed by atoms with Gasteiger partial charge in [-0.2, -0.15) is 10.2 Å². The first-order valence-corrected chi connectivity index (χ1v) is 11.9. The highest BCUT2D eigenvalue weighted by atomic mass is 19.1. The molecule has 0 radical (unpaired) electrons. The highest BCUT2D eigenvalue weighted by Gasteiger charge is 2.21. The van der Waals surface area contributed by atoms with Crippen LogP contribution in [-0.2, 0) is 11.3 Å². The number of aliphatic hydroxyl groups excluding tert-OH is 1. The minimum Gasteiger partial charge on any atom is -0.452 e. The predicted molar refractivity (Wildman–Crippen MR) is 132 cm³/mol. The summed E-state index contributed by atoms with van der Waals surface area (Å²) in [5, 5.41) is 18.1. The maximum absolute atomic E-state index is 14.3. The van der Waals surface area contributed by atoms with Gasteiger partial charge >= 0.3 is 0 Å². The second kappa shape index (κ2) is 9.56. The van der Waals surface area contributed by atoms with Crippen molar-refractivity contribution in [3.63, 3.8) is 0 Å². The maximum Gasteiger partial charge on any atom is 0.176 e. The molecule has 1 N–H and O–H groups in total. The molecule has 10 heteroatoms. The van der Waals surface area contributed by atoms with E-state index in [1.807, 2.05) is 18.3 Å². The van der Waals surface area contributed by atoms with E-state index in [2.05, 4.69) is 15.1 Å². The van der Waals surface area contributed by atoms with Crippen molar-refractivity contribution in [3.8, 4) is 28.4 Å². The topological polar surface area (TPSA) is 94.4 Å². The number of nitrogens with zero attached hydrogens (tertiary/aromatic N) is 6. The van der Waals surface area contributed by atoms with E-state index in [0.717, 1.165) is 24.3 Å². The number of hydrogen-bond acceptors (Lipinski definition) is 7. The molecule has 4 aromatic heterocycles. The zero-order valence-corrected chi connectivity index (χ0v) is 19.5. The van der Waals surface area contributed by atoms with Crippen molar-refractivity contribution in [2.24, 2.45) is 0 Å². The van der Waals surface area contributed by atoms with E-state index < -0.39 is 0 Å². The maximum atomic E-state index is 14.3. The van der Waals surface area contributed by atoms with Crippen molar-refractivity contribution in [3.05, 3.63) is 66.9 Å². The van der Waals surface area contributed by atoms with Crippen molar-refractivity contribution in [2.45, 2.75) is 13.0 Å². The molecule has 184 valence electrons. The first-order chi connectivity index (χ1) is 17.7. The smallest absolute Gasteiger partial charge is 0.176 e. The highest BCUT2D eigenvalue weighted by molar-refractivity contribution is 5.91. The van der Waals surface area contributed by atoms with Gasteiger partial charge in [-0.1, -0.05) is 12.1 Å². The van der Waals surface area contributed by atoms with E-state index >= 15 is 0 Å². The van der Waals surface area contributed by atoms with Crippen molar-refractivity contribution in [1.29, 1.82) is 0 Å². The van der Waals surface area contributed by atoms with Crippen molar-refractivity contribution in [1.82, 2.24) is 24.5 Å². The van der Waals surface area contributed by atoms with Gasteiger partial charge in [0.15, 0.2) is 11.4 Å². The molecular formula is C26H25FN6O3. The summed E-state index contributed by atoms with van der Waals surface area (Å²) in [7, 11) is 0. The highest BCUT2D eigenvalue weighted by Crippen LogP contribution is 2.35. The van der Waals surface area contributed by atoms with Crippen LogP contribution in [0.5, 0.6) is 0 Å². The van der Waals surface area contributed by atoms with Crippen LogP contribution in [-0.4, -0.2) is 62.6 Å². The average Bonchev–Trinajstić information content (AvgIpc) is 3.67. The first kappa shape index (κ1) is 22.4. The number of hydrogen-bond donors (Lipinski definition) is 1. The molecule has 0 saturated carbocycles. The third kappa shape index (κ3) is 4.25. The van der Waals surface area contributed by atoms with Gasteiger partial charge in [0.05, 0.1) is 36.4 Å². The first-order valence-electron chi connectivity index (χ1n) is 11.9. The molecule has 0 aliphatic carbocycles.